The van der Waals surface area contributed by atoms with Crippen LogP contribution in [0.25, 0.3) is 11.1 Å². The number of nitrogens with two attached hydrogens (primary N) is 1. The van der Waals surface area contributed by atoms with E-state index in [1.165, 1.54) is 12.5 Å². The molecule has 0 spiro atoms. The van der Waals surface area contributed by atoms with Crippen LogP contribution in [0, 0.1) is 0 Å². The van der Waals surface area contributed by atoms with E-state index in [0.29, 0.717) is 16.7 Å². The summed E-state index contributed by atoms with van der Waals surface area (Å²) in [6, 6.07) is 6.65. The zero-order valence-corrected chi connectivity index (χ0v) is 8.31. The minimum absolute atomic E-state index is 0.302. The summed E-state index contributed by atoms with van der Waals surface area (Å²) < 4.78 is 0. The van der Waals surface area contributed by atoms with Crippen molar-refractivity contribution in [1.29, 1.82) is 0 Å². The number of nitrogens with zero attached hydrogens (tertiary/aromatic N) is 1. The molecule has 0 radical (unpaired) electrons. The van der Waals surface area contributed by atoms with Crippen LogP contribution in [0.4, 0.5) is 0 Å². The van der Waals surface area contributed by atoms with Crippen molar-refractivity contribution >= 4 is 5.91 Å². The molecule has 5 nitrogen and oxygen atoms in total. The van der Waals surface area contributed by atoms with Crippen molar-refractivity contribution in [3.63, 3.8) is 0 Å². The fraction of sp³-hybridized carbons (Fsp3) is 0. The summed E-state index contributed by atoms with van der Waals surface area (Å²) in [5, 5.41) is 0. The van der Waals surface area contributed by atoms with Crippen LogP contribution in [0.3, 0.4) is 0 Å². The van der Waals surface area contributed by atoms with Gasteiger partial charge in [0.15, 0.2) is 0 Å². The summed E-state index contributed by atoms with van der Waals surface area (Å²) in [6.07, 6.45) is 2.69. The number of benzene rings is 1. The molecule has 0 saturated heterocycles. The van der Waals surface area contributed by atoms with Gasteiger partial charge in [0, 0.05) is 17.3 Å². The topological polar surface area (TPSA) is 88.8 Å². The van der Waals surface area contributed by atoms with Crippen molar-refractivity contribution in [2.75, 3.05) is 0 Å². The van der Waals surface area contributed by atoms with Gasteiger partial charge in [-0.3, -0.25) is 9.59 Å². The van der Waals surface area contributed by atoms with E-state index in [0.717, 1.165) is 0 Å². The molecular weight excluding hydrogens is 206 g/mol. The molecule has 1 aromatic heterocycles. The second kappa shape index (κ2) is 3.98. The van der Waals surface area contributed by atoms with Crippen molar-refractivity contribution in [3.05, 3.63) is 52.7 Å². The zero-order valence-electron chi connectivity index (χ0n) is 8.31. The first kappa shape index (κ1) is 10.1. The number of carbonyl (C=O) groups excluding carboxylic acids is 1. The van der Waals surface area contributed by atoms with Gasteiger partial charge in [-0.05, 0) is 6.07 Å². The smallest absolute Gasteiger partial charge is 0.258 e. The molecular formula is C11H9N3O2. The maximum atomic E-state index is 11.5. The molecule has 0 atom stereocenters. The minimum Gasteiger partial charge on any atom is -0.366 e. The Morgan fingerprint density at radius 3 is 2.69 bits per heavy atom. The van der Waals surface area contributed by atoms with Gasteiger partial charge in [0.05, 0.1) is 11.9 Å². The van der Waals surface area contributed by atoms with E-state index in [1.54, 1.807) is 24.3 Å². The highest BCUT2D eigenvalue weighted by Crippen LogP contribution is 2.18. The van der Waals surface area contributed by atoms with Gasteiger partial charge in [0.1, 0.15) is 0 Å². The molecule has 80 valence electrons. The summed E-state index contributed by atoms with van der Waals surface area (Å²) in [6.45, 7) is 0. The Morgan fingerprint density at radius 2 is 2.00 bits per heavy atom. The molecule has 0 aliphatic heterocycles. The number of hydrogen-bond acceptors (Lipinski definition) is 3. The van der Waals surface area contributed by atoms with Gasteiger partial charge >= 0.3 is 0 Å². The minimum atomic E-state index is -0.571. The van der Waals surface area contributed by atoms with Gasteiger partial charge < -0.3 is 10.7 Å². The van der Waals surface area contributed by atoms with Crippen LogP contribution >= 0.6 is 0 Å². The number of amides is 1. The fourth-order valence-electron chi connectivity index (χ4n) is 1.47. The van der Waals surface area contributed by atoms with Crippen molar-refractivity contribution in [3.8, 4) is 11.1 Å². The molecule has 5 heteroatoms. The Balaban J connectivity index is 2.70. The first-order valence-electron chi connectivity index (χ1n) is 4.62. The number of rotatable bonds is 2. The van der Waals surface area contributed by atoms with E-state index >= 15 is 0 Å². The third kappa shape index (κ3) is 1.70. The monoisotopic (exact) mass is 215 g/mol. The number of primary amides is 1. The third-order valence-electron chi connectivity index (χ3n) is 2.20. The van der Waals surface area contributed by atoms with Gasteiger partial charge in [0.2, 0.25) is 5.91 Å². The van der Waals surface area contributed by atoms with Crippen molar-refractivity contribution in [2.24, 2.45) is 5.73 Å². The summed E-state index contributed by atoms with van der Waals surface area (Å²) in [7, 11) is 0. The average Bonchev–Trinajstić information content (AvgIpc) is 2.29. The zero-order chi connectivity index (χ0) is 11.5. The quantitative estimate of drug-likeness (QED) is 0.766. The fourth-order valence-corrected chi connectivity index (χ4v) is 1.47. The number of nitrogens with one attached hydrogen (secondary N) is 1. The van der Waals surface area contributed by atoms with E-state index < -0.39 is 5.91 Å². The Labute approximate surface area is 91.0 Å². The molecule has 0 unspecified atom stereocenters. The van der Waals surface area contributed by atoms with Crippen LogP contribution in [-0.4, -0.2) is 15.9 Å². The Bertz CT molecular complexity index is 590. The summed E-state index contributed by atoms with van der Waals surface area (Å²) in [5.74, 6) is -0.571. The molecule has 3 N–H and O–H groups in total. The van der Waals surface area contributed by atoms with Crippen LogP contribution in [0.15, 0.2) is 41.6 Å². The van der Waals surface area contributed by atoms with Gasteiger partial charge in [0.25, 0.3) is 5.56 Å². The van der Waals surface area contributed by atoms with Gasteiger partial charge in [-0.25, -0.2) is 4.98 Å². The Kier molecular flexibility index (Phi) is 2.51. The molecule has 1 amide bonds. The van der Waals surface area contributed by atoms with Gasteiger partial charge in [-0.2, -0.15) is 0 Å². The largest absolute Gasteiger partial charge is 0.366 e. The first-order valence-corrected chi connectivity index (χ1v) is 4.62. The standard InChI is InChI=1S/C11H9N3O2/c12-10(15)8-4-2-1-3-7(8)9-5-13-6-14-11(9)16/h1-6H,(H2,12,15)(H,13,14,16). The summed E-state index contributed by atoms with van der Waals surface area (Å²) >= 11 is 0. The van der Waals surface area contributed by atoms with E-state index in [4.69, 9.17) is 5.73 Å². The molecule has 0 aliphatic rings. The van der Waals surface area contributed by atoms with Gasteiger partial charge in [-0.15, -0.1) is 0 Å². The number of H-pyrrole nitrogens is 1. The lowest BCUT2D eigenvalue weighted by Crippen LogP contribution is -2.15. The van der Waals surface area contributed by atoms with Crippen LogP contribution < -0.4 is 11.3 Å². The lowest BCUT2D eigenvalue weighted by atomic mass is 10.0. The van der Waals surface area contributed by atoms with Crippen molar-refractivity contribution < 1.29 is 4.79 Å². The normalized spacial score (nSPS) is 10.0. The Hall–Kier alpha value is -2.43. The maximum absolute atomic E-state index is 11.5. The molecule has 0 bridgehead atoms. The molecule has 1 heterocycles. The number of aromatic amines is 1. The number of aromatic nitrogens is 2. The number of hydrogen-bond donors (Lipinski definition) is 2. The molecule has 2 rings (SSSR count). The van der Waals surface area contributed by atoms with Crippen LogP contribution in [0.2, 0.25) is 0 Å². The molecule has 0 aliphatic carbocycles. The second-order valence-electron chi connectivity index (χ2n) is 3.20. The van der Waals surface area contributed by atoms with Crippen LogP contribution in [0.5, 0.6) is 0 Å². The molecule has 0 fully saturated rings. The highest BCUT2D eigenvalue weighted by Gasteiger charge is 2.11. The summed E-state index contributed by atoms with van der Waals surface area (Å²) in [4.78, 5) is 29.0. The van der Waals surface area contributed by atoms with Gasteiger partial charge in [-0.1, -0.05) is 18.2 Å². The lowest BCUT2D eigenvalue weighted by molar-refractivity contribution is 0.100. The van der Waals surface area contributed by atoms with E-state index in [-0.39, 0.29) is 5.56 Å². The average molecular weight is 215 g/mol. The Morgan fingerprint density at radius 1 is 1.25 bits per heavy atom. The second-order valence-corrected chi connectivity index (χ2v) is 3.20. The van der Waals surface area contributed by atoms with E-state index in [2.05, 4.69) is 9.97 Å². The molecule has 1 aromatic carbocycles. The summed E-state index contributed by atoms with van der Waals surface area (Å²) in [5.41, 5.74) is 6.06. The third-order valence-corrected chi connectivity index (χ3v) is 2.20. The highest BCUT2D eigenvalue weighted by molar-refractivity contribution is 5.99. The highest BCUT2D eigenvalue weighted by atomic mass is 16.1. The van der Waals surface area contributed by atoms with Crippen LogP contribution in [0.1, 0.15) is 10.4 Å². The predicted octanol–water partition coefficient (Wildman–Crippen LogP) is 0.536. The predicted molar refractivity (Wildman–Crippen MR) is 58.8 cm³/mol. The SMILES string of the molecule is NC(=O)c1ccccc1-c1cnc[nH]c1=O. The maximum Gasteiger partial charge on any atom is 0.258 e. The van der Waals surface area contributed by atoms with Crippen molar-refractivity contribution in [1.82, 2.24) is 9.97 Å². The lowest BCUT2D eigenvalue weighted by Gasteiger charge is -2.04. The molecule has 16 heavy (non-hydrogen) atoms. The molecule has 2 aromatic rings. The van der Waals surface area contributed by atoms with E-state index in [9.17, 15) is 9.59 Å². The van der Waals surface area contributed by atoms with E-state index in [1.807, 2.05) is 0 Å². The van der Waals surface area contributed by atoms with Crippen molar-refractivity contribution in [2.45, 2.75) is 0 Å². The first-order chi connectivity index (χ1) is 7.70. The van der Waals surface area contributed by atoms with Crippen LogP contribution in [-0.2, 0) is 0 Å². The molecule has 0 saturated carbocycles. The number of carbonyl (C=O) groups is 1.